The Hall–Kier alpha value is -1.77. The molecule has 1 aromatic carbocycles. The van der Waals surface area contributed by atoms with Gasteiger partial charge < -0.3 is 10.1 Å². The predicted molar refractivity (Wildman–Crippen MR) is 66.2 cm³/mol. The largest absolute Gasteiger partial charge is 0.501 e. The van der Waals surface area contributed by atoms with Gasteiger partial charge in [-0.25, -0.2) is 0 Å². The summed E-state index contributed by atoms with van der Waals surface area (Å²) in [6.45, 7) is 1.36. The molecule has 0 saturated carbocycles. The van der Waals surface area contributed by atoms with Gasteiger partial charge in [0.2, 0.25) is 5.91 Å². The second-order valence-electron chi connectivity index (χ2n) is 4.19. The first kappa shape index (κ1) is 11.7. The van der Waals surface area contributed by atoms with Crippen molar-refractivity contribution in [3.63, 3.8) is 0 Å². The van der Waals surface area contributed by atoms with E-state index < -0.39 is 0 Å². The van der Waals surface area contributed by atoms with Gasteiger partial charge in [-0.05, 0) is 24.0 Å². The number of nitrogens with one attached hydrogen (secondary N) is 1. The molecule has 0 spiro atoms. The van der Waals surface area contributed by atoms with Gasteiger partial charge in [-0.2, -0.15) is 0 Å². The summed E-state index contributed by atoms with van der Waals surface area (Å²) < 4.78 is 5.20. The van der Waals surface area contributed by atoms with Crippen LogP contribution in [-0.4, -0.2) is 12.5 Å². The lowest BCUT2D eigenvalue weighted by Gasteiger charge is -2.13. The van der Waals surface area contributed by atoms with Crippen molar-refractivity contribution in [2.75, 3.05) is 6.61 Å². The standard InChI is InChI=1S/C14H17NO2/c16-14(9-13-7-4-8-17-11-13)15-10-12-5-2-1-3-6-12/h1-3,5-6,11H,4,7-10H2,(H,15,16). The molecule has 3 heteroatoms. The number of ether oxygens (including phenoxy) is 1. The third-order valence-corrected chi connectivity index (χ3v) is 2.73. The third-order valence-electron chi connectivity index (χ3n) is 2.73. The van der Waals surface area contributed by atoms with Crippen molar-refractivity contribution in [2.45, 2.75) is 25.8 Å². The molecule has 2 rings (SSSR count). The lowest BCUT2D eigenvalue weighted by Crippen LogP contribution is -2.23. The SMILES string of the molecule is O=C(CC1=COCCC1)NCc1ccccc1. The fourth-order valence-corrected chi connectivity index (χ4v) is 1.81. The highest BCUT2D eigenvalue weighted by Gasteiger charge is 2.09. The van der Waals surface area contributed by atoms with Crippen molar-refractivity contribution in [1.82, 2.24) is 5.32 Å². The van der Waals surface area contributed by atoms with Gasteiger partial charge in [-0.1, -0.05) is 30.3 Å². The molecule has 1 amide bonds. The van der Waals surface area contributed by atoms with Crippen LogP contribution in [0.15, 0.2) is 42.2 Å². The molecule has 1 aromatic rings. The predicted octanol–water partition coefficient (Wildman–Crippen LogP) is 2.39. The van der Waals surface area contributed by atoms with E-state index >= 15 is 0 Å². The number of benzene rings is 1. The molecular formula is C14H17NO2. The van der Waals surface area contributed by atoms with Gasteiger partial charge in [0, 0.05) is 6.54 Å². The van der Waals surface area contributed by atoms with Crippen molar-refractivity contribution in [1.29, 1.82) is 0 Å². The van der Waals surface area contributed by atoms with Crippen LogP contribution < -0.4 is 5.32 Å². The molecule has 1 heterocycles. The topological polar surface area (TPSA) is 38.3 Å². The van der Waals surface area contributed by atoms with Gasteiger partial charge in [-0.3, -0.25) is 4.79 Å². The minimum atomic E-state index is 0.0607. The summed E-state index contributed by atoms with van der Waals surface area (Å²) >= 11 is 0. The molecule has 0 aliphatic carbocycles. The summed E-state index contributed by atoms with van der Waals surface area (Å²) in [4.78, 5) is 11.7. The third kappa shape index (κ3) is 3.94. The number of carbonyl (C=O) groups is 1. The number of amides is 1. The van der Waals surface area contributed by atoms with E-state index in [1.54, 1.807) is 6.26 Å². The van der Waals surface area contributed by atoms with Gasteiger partial charge in [0.05, 0.1) is 19.3 Å². The summed E-state index contributed by atoms with van der Waals surface area (Å²) in [6.07, 6.45) is 4.16. The second-order valence-corrected chi connectivity index (χ2v) is 4.19. The second kappa shape index (κ2) is 6.09. The molecular weight excluding hydrogens is 214 g/mol. The molecule has 0 fully saturated rings. The zero-order valence-corrected chi connectivity index (χ0v) is 9.82. The van der Waals surface area contributed by atoms with E-state index in [0.717, 1.165) is 30.6 Å². The van der Waals surface area contributed by atoms with Crippen LogP contribution in [0.4, 0.5) is 0 Å². The van der Waals surface area contributed by atoms with E-state index in [9.17, 15) is 4.79 Å². The highest BCUT2D eigenvalue weighted by atomic mass is 16.5. The van der Waals surface area contributed by atoms with Crippen LogP contribution in [-0.2, 0) is 16.1 Å². The van der Waals surface area contributed by atoms with Crippen LogP contribution in [0.25, 0.3) is 0 Å². The van der Waals surface area contributed by atoms with Crippen LogP contribution in [0.2, 0.25) is 0 Å². The zero-order valence-electron chi connectivity index (χ0n) is 9.82. The van der Waals surface area contributed by atoms with Crippen molar-refractivity contribution in [3.8, 4) is 0 Å². The van der Waals surface area contributed by atoms with Crippen molar-refractivity contribution < 1.29 is 9.53 Å². The lowest BCUT2D eigenvalue weighted by molar-refractivity contribution is -0.120. The van der Waals surface area contributed by atoms with Gasteiger partial charge >= 0.3 is 0 Å². The normalized spacial score (nSPS) is 14.7. The molecule has 0 unspecified atom stereocenters. The maximum atomic E-state index is 11.7. The first-order valence-electron chi connectivity index (χ1n) is 5.95. The Balaban J connectivity index is 1.76. The Kier molecular flexibility index (Phi) is 4.19. The molecule has 0 bridgehead atoms. The Labute approximate surface area is 101 Å². The summed E-state index contributed by atoms with van der Waals surface area (Å²) in [6, 6.07) is 9.92. The van der Waals surface area contributed by atoms with Gasteiger partial charge in [0.1, 0.15) is 0 Å². The first-order valence-corrected chi connectivity index (χ1v) is 5.95. The quantitative estimate of drug-likeness (QED) is 0.864. The van der Waals surface area contributed by atoms with E-state index in [1.165, 1.54) is 0 Å². The Morgan fingerprint density at radius 3 is 2.82 bits per heavy atom. The molecule has 17 heavy (non-hydrogen) atoms. The van der Waals surface area contributed by atoms with Crippen LogP contribution >= 0.6 is 0 Å². The molecule has 0 radical (unpaired) electrons. The molecule has 1 N–H and O–H groups in total. The molecule has 0 aromatic heterocycles. The van der Waals surface area contributed by atoms with Gasteiger partial charge in [-0.15, -0.1) is 0 Å². The van der Waals surface area contributed by atoms with E-state index in [4.69, 9.17) is 4.74 Å². The van der Waals surface area contributed by atoms with Crippen molar-refractivity contribution in [2.24, 2.45) is 0 Å². The monoisotopic (exact) mass is 231 g/mol. The summed E-state index contributed by atoms with van der Waals surface area (Å²) in [5, 5.41) is 2.91. The summed E-state index contributed by atoms with van der Waals surface area (Å²) in [5.41, 5.74) is 2.21. The van der Waals surface area contributed by atoms with Crippen LogP contribution in [0, 0.1) is 0 Å². The number of rotatable bonds is 4. The maximum Gasteiger partial charge on any atom is 0.224 e. The highest BCUT2D eigenvalue weighted by molar-refractivity contribution is 5.78. The average Bonchev–Trinajstić information content (AvgIpc) is 2.39. The Bertz CT molecular complexity index is 398. The molecule has 1 aliphatic rings. The van der Waals surface area contributed by atoms with Crippen molar-refractivity contribution in [3.05, 3.63) is 47.7 Å². The van der Waals surface area contributed by atoms with Crippen molar-refractivity contribution >= 4 is 5.91 Å². The zero-order chi connectivity index (χ0) is 11.9. The Morgan fingerprint density at radius 2 is 2.12 bits per heavy atom. The molecule has 1 aliphatic heterocycles. The van der Waals surface area contributed by atoms with Gasteiger partial charge in [0.15, 0.2) is 0 Å². The Morgan fingerprint density at radius 1 is 1.29 bits per heavy atom. The molecule has 3 nitrogen and oxygen atoms in total. The number of hydrogen-bond acceptors (Lipinski definition) is 2. The average molecular weight is 231 g/mol. The molecule has 90 valence electrons. The fraction of sp³-hybridized carbons (Fsp3) is 0.357. The van der Waals surface area contributed by atoms with E-state index in [1.807, 2.05) is 30.3 Å². The first-order chi connectivity index (χ1) is 8.34. The lowest BCUT2D eigenvalue weighted by atomic mass is 10.1. The van der Waals surface area contributed by atoms with Gasteiger partial charge in [0.25, 0.3) is 0 Å². The van der Waals surface area contributed by atoms with E-state index in [2.05, 4.69) is 5.32 Å². The van der Waals surface area contributed by atoms with Crippen LogP contribution in [0.5, 0.6) is 0 Å². The van der Waals surface area contributed by atoms with Crippen LogP contribution in [0.1, 0.15) is 24.8 Å². The van der Waals surface area contributed by atoms with E-state index in [-0.39, 0.29) is 5.91 Å². The highest BCUT2D eigenvalue weighted by Crippen LogP contribution is 2.14. The maximum absolute atomic E-state index is 11.7. The summed E-state index contributed by atoms with van der Waals surface area (Å²) in [5.74, 6) is 0.0607. The number of carbonyl (C=O) groups excluding carboxylic acids is 1. The molecule has 0 atom stereocenters. The summed E-state index contributed by atoms with van der Waals surface area (Å²) in [7, 11) is 0. The minimum Gasteiger partial charge on any atom is -0.501 e. The van der Waals surface area contributed by atoms with Crippen LogP contribution in [0.3, 0.4) is 0 Å². The van der Waals surface area contributed by atoms with E-state index in [0.29, 0.717) is 13.0 Å². The minimum absolute atomic E-state index is 0.0607. The smallest absolute Gasteiger partial charge is 0.224 e. The number of hydrogen-bond donors (Lipinski definition) is 1. The fourth-order valence-electron chi connectivity index (χ4n) is 1.81. The molecule has 0 saturated heterocycles.